The summed E-state index contributed by atoms with van der Waals surface area (Å²) in [5, 5.41) is 0.267. The van der Waals surface area contributed by atoms with Crippen LogP contribution in [-0.2, 0) is 0 Å². The Kier molecular flexibility index (Phi) is 4.21. The predicted molar refractivity (Wildman–Crippen MR) is 117 cm³/mol. The van der Waals surface area contributed by atoms with Crippen LogP contribution in [0.5, 0.6) is 0 Å². The van der Waals surface area contributed by atoms with Crippen molar-refractivity contribution in [3.63, 3.8) is 0 Å². The molecule has 1 aliphatic carbocycles. The van der Waals surface area contributed by atoms with E-state index in [1.54, 1.807) is 13.0 Å². The van der Waals surface area contributed by atoms with Crippen LogP contribution >= 0.6 is 0 Å². The highest BCUT2D eigenvalue weighted by molar-refractivity contribution is 5.87. The van der Waals surface area contributed by atoms with Gasteiger partial charge in [0.2, 0.25) is 0 Å². The van der Waals surface area contributed by atoms with Crippen molar-refractivity contribution < 1.29 is 8.81 Å². The second-order valence-corrected chi connectivity index (χ2v) is 8.76. The Morgan fingerprint density at radius 2 is 1.87 bits per heavy atom. The topological polar surface area (TPSA) is 75.0 Å². The van der Waals surface area contributed by atoms with Crippen LogP contribution < -0.4 is 5.56 Å². The highest BCUT2D eigenvalue weighted by Gasteiger charge is 2.33. The molecule has 1 saturated heterocycles. The Bertz CT molecular complexity index is 1360. The number of hydrogen-bond donors (Lipinski definition) is 1. The lowest BCUT2D eigenvalue weighted by molar-refractivity contribution is 0.200. The first-order chi connectivity index (χ1) is 15.0. The van der Waals surface area contributed by atoms with Crippen LogP contribution in [0.15, 0.2) is 39.5 Å². The molecule has 7 heteroatoms. The van der Waals surface area contributed by atoms with Gasteiger partial charge in [0.1, 0.15) is 22.7 Å². The largest absolute Gasteiger partial charge is 0.441 e. The first-order valence-electron chi connectivity index (χ1n) is 10.9. The van der Waals surface area contributed by atoms with Gasteiger partial charge in [-0.25, -0.2) is 14.4 Å². The summed E-state index contributed by atoms with van der Waals surface area (Å²) in [5.41, 5.74) is 2.61. The van der Waals surface area contributed by atoms with E-state index in [1.165, 1.54) is 18.9 Å². The molecule has 0 unspecified atom stereocenters. The molecule has 6 rings (SSSR count). The maximum atomic E-state index is 15.1. The van der Waals surface area contributed by atoms with E-state index in [9.17, 15) is 4.79 Å². The van der Waals surface area contributed by atoms with Gasteiger partial charge in [-0.3, -0.25) is 4.79 Å². The molecule has 1 aliphatic heterocycles. The Labute approximate surface area is 178 Å². The number of halogens is 1. The highest BCUT2D eigenvalue weighted by atomic mass is 19.1. The normalized spacial score (nSPS) is 18.3. The van der Waals surface area contributed by atoms with Gasteiger partial charge < -0.3 is 14.3 Å². The lowest BCUT2D eigenvalue weighted by atomic mass is 9.95. The number of benzene rings is 2. The van der Waals surface area contributed by atoms with Crippen molar-refractivity contribution in [2.75, 3.05) is 13.1 Å². The van der Waals surface area contributed by atoms with Gasteiger partial charge in [-0.15, -0.1) is 0 Å². The molecular formula is C24H23FN4O2. The molecule has 31 heavy (non-hydrogen) atoms. The van der Waals surface area contributed by atoms with Gasteiger partial charge in [0, 0.05) is 18.9 Å². The number of aryl methyl sites for hydroxylation is 1. The van der Waals surface area contributed by atoms with Crippen molar-refractivity contribution in [2.45, 2.75) is 44.6 Å². The summed E-state index contributed by atoms with van der Waals surface area (Å²) in [5.74, 6) is 0.874. The Morgan fingerprint density at radius 3 is 2.65 bits per heavy atom. The fourth-order valence-corrected chi connectivity index (χ4v) is 4.77. The number of aromatic nitrogens is 3. The number of nitrogens with one attached hydrogen (secondary N) is 1. The summed E-state index contributed by atoms with van der Waals surface area (Å²) in [6.45, 7) is 3.82. The molecule has 0 atom stereocenters. The zero-order valence-corrected chi connectivity index (χ0v) is 17.3. The van der Waals surface area contributed by atoms with Crippen molar-refractivity contribution in [3.8, 4) is 11.1 Å². The van der Waals surface area contributed by atoms with Gasteiger partial charge in [-0.1, -0.05) is 6.07 Å². The molecule has 1 saturated carbocycles. The molecule has 2 aromatic carbocycles. The van der Waals surface area contributed by atoms with Crippen LogP contribution in [-0.4, -0.2) is 39.0 Å². The van der Waals surface area contributed by atoms with Crippen molar-refractivity contribution in [2.24, 2.45) is 0 Å². The molecule has 158 valence electrons. The molecule has 2 aromatic heterocycles. The summed E-state index contributed by atoms with van der Waals surface area (Å²) in [4.78, 5) is 27.2. The summed E-state index contributed by atoms with van der Waals surface area (Å²) >= 11 is 0. The van der Waals surface area contributed by atoms with Gasteiger partial charge >= 0.3 is 0 Å². The van der Waals surface area contributed by atoms with Crippen LogP contribution in [0, 0.1) is 12.7 Å². The van der Waals surface area contributed by atoms with E-state index in [4.69, 9.17) is 4.42 Å². The molecule has 2 fully saturated rings. The van der Waals surface area contributed by atoms with Crippen molar-refractivity contribution in [3.05, 3.63) is 58.2 Å². The monoisotopic (exact) mass is 418 g/mol. The van der Waals surface area contributed by atoms with Gasteiger partial charge in [-0.2, -0.15) is 0 Å². The fraction of sp³-hybridized carbons (Fsp3) is 0.375. The third-order valence-corrected chi connectivity index (χ3v) is 6.59. The molecule has 0 bridgehead atoms. The van der Waals surface area contributed by atoms with Crippen LogP contribution in [0.25, 0.3) is 33.1 Å². The predicted octanol–water partition coefficient (Wildman–Crippen LogP) is 4.52. The number of oxazole rings is 1. The molecular weight excluding hydrogens is 395 g/mol. The summed E-state index contributed by atoms with van der Waals surface area (Å²) < 4.78 is 20.7. The number of H-pyrrole nitrogens is 1. The average Bonchev–Trinajstić information content (AvgIpc) is 3.55. The van der Waals surface area contributed by atoms with Crippen molar-refractivity contribution in [1.29, 1.82) is 0 Å². The number of hydrogen-bond acceptors (Lipinski definition) is 5. The maximum Gasteiger partial charge on any atom is 0.258 e. The second kappa shape index (κ2) is 6.99. The van der Waals surface area contributed by atoms with E-state index in [2.05, 4.69) is 19.9 Å². The third kappa shape index (κ3) is 3.33. The molecule has 0 radical (unpaired) electrons. The molecule has 6 nitrogen and oxygen atoms in total. The Balaban J connectivity index is 1.36. The molecule has 4 aromatic rings. The number of nitrogens with zero attached hydrogens (tertiary/aromatic N) is 3. The number of piperidine rings is 1. The second-order valence-electron chi connectivity index (χ2n) is 8.76. The first kappa shape index (κ1) is 18.7. The van der Waals surface area contributed by atoms with Gasteiger partial charge in [0.15, 0.2) is 11.5 Å². The van der Waals surface area contributed by atoms with Gasteiger partial charge in [0.05, 0.1) is 5.39 Å². The van der Waals surface area contributed by atoms with Crippen LogP contribution in [0.1, 0.15) is 43.3 Å². The quantitative estimate of drug-likeness (QED) is 0.529. The zero-order valence-electron chi connectivity index (χ0n) is 17.3. The SMILES string of the molecule is Cc1nc2ccc(-c3cc(F)c4nc(C5CCN(C6CC6)CC5)[nH]c(=O)c4c3)cc2o1. The average molecular weight is 418 g/mol. The van der Waals surface area contributed by atoms with E-state index in [-0.39, 0.29) is 22.4 Å². The van der Waals surface area contributed by atoms with Crippen LogP contribution in [0.3, 0.4) is 0 Å². The Morgan fingerprint density at radius 1 is 1.06 bits per heavy atom. The Hall–Kier alpha value is -3.06. The van der Waals surface area contributed by atoms with Gasteiger partial charge in [-0.05, 0) is 74.2 Å². The number of rotatable bonds is 3. The molecule has 2 aliphatic rings. The number of fused-ring (bicyclic) bond motifs is 2. The third-order valence-electron chi connectivity index (χ3n) is 6.59. The van der Waals surface area contributed by atoms with Crippen LogP contribution in [0.4, 0.5) is 4.39 Å². The maximum absolute atomic E-state index is 15.1. The fourth-order valence-electron chi connectivity index (χ4n) is 4.77. The molecule has 0 spiro atoms. The minimum Gasteiger partial charge on any atom is -0.441 e. The molecule has 0 amide bonds. The van der Waals surface area contributed by atoms with Crippen molar-refractivity contribution >= 4 is 22.0 Å². The minimum absolute atomic E-state index is 0.142. The smallest absolute Gasteiger partial charge is 0.258 e. The zero-order chi connectivity index (χ0) is 21.1. The molecule has 1 N–H and O–H groups in total. The summed E-state index contributed by atoms with van der Waals surface area (Å²) in [6.07, 6.45) is 4.49. The number of aromatic amines is 1. The first-order valence-corrected chi connectivity index (χ1v) is 10.9. The van der Waals surface area contributed by atoms with E-state index in [0.717, 1.165) is 43.1 Å². The summed E-state index contributed by atoms with van der Waals surface area (Å²) in [6, 6.07) is 9.41. The number of likely N-dealkylation sites (tertiary alicyclic amines) is 1. The lowest BCUT2D eigenvalue weighted by Gasteiger charge is -2.31. The lowest BCUT2D eigenvalue weighted by Crippen LogP contribution is -2.35. The van der Waals surface area contributed by atoms with Gasteiger partial charge in [0.25, 0.3) is 5.56 Å². The minimum atomic E-state index is -0.482. The van der Waals surface area contributed by atoms with E-state index >= 15 is 4.39 Å². The van der Waals surface area contributed by atoms with E-state index in [1.807, 2.05) is 18.2 Å². The van der Waals surface area contributed by atoms with E-state index < -0.39 is 5.82 Å². The van der Waals surface area contributed by atoms with Crippen molar-refractivity contribution in [1.82, 2.24) is 19.9 Å². The standard InChI is InChI=1S/C24H23FN4O2/c1-13-26-20-5-2-15(12-21(20)31-13)16-10-18-22(19(25)11-16)27-23(28-24(18)30)14-6-8-29(9-7-14)17-3-4-17/h2,5,10-12,14,17H,3-4,6-9H2,1H3,(H,27,28,30). The van der Waals surface area contributed by atoms with E-state index in [0.29, 0.717) is 22.9 Å². The summed E-state index contributed by atoms with van der Waals surface area (Å²) in [7, 11) is 0. The molecule has 3 heterocycles. The van der Waals surface area contributed by atoms with Crippen LogP contribution in [0.2, 0.25) is 0 Å². The highest BCUT2D eigenvalue weighted by Crippen LogP contribution is 2.34.